The molecule has 3 aromatic carbocycles. The van der Waals surface area contributed by atoms with Gasteiger partial charge in [-0.15, -0.1) is 0 Å². The number of benzene rings is 3. The van der Waals surface area contributed by atoms with Crippen LogP contribution in [-0.4, -0.2) is 37.3 Å². The Morgan fingerprint density at radius 2 is 1.37 bits per heavy atom. The van der Waals surface area contributed by atoms with Crippen molar-refractivity contribution >= 4 is 0 Å². The number of fused-ring (bicyclic) bond motifs is 5. The van der Waals surface area contributed by atoms with Crippen molar-refractivity contribution < 1.29 is 23.7 Å². The molecule has 320 valence electrons. The van der Waals surface area contributed by atoms with Gasteiger partial charge in [0.1, 0.15) is 12.2 Å². The van der Waals surface area contributed by atoms with Gasteiger partial charge in [0.05, 0.1) is 38.6 Å². The normalized spacial score (nSPS) is 34.7. The SMILES string of the molecule is CC(C)CCC[C@@H](C)[C@H]1CC[C@H]2[C@@H]3CC=C4C[C@@H](O[C@H]5C[C@@H](OCc6ccccc6)[C@H](OCc6ccccc6)[C@@H](COCc6ccccc6)O5)CC[C@]4(C)[C@H]3CC[C@]12C. The molecule has 1 saturated heterocycles. The Kier molecular flexibility index (Phi) is 14.2. The van der Waals surface area contributed by atoms with E-state index in [0.29, 0.717) is 38.3 Å². The van der Waals surface area contributed by atoms with Gasteiger partial charge in [-0.3, -0.25) is 0 Å². The van der Waals surface area contributed by atoms with Gasteiger partial charge >= 0.3 is 0 Å². The van der Waals surface area contributed by atoms with Crippen LogP contribution in [0.5, 0.6) is 0 Å². The molecule has 3 saturated carbocycles. The molecule has 0 amide bonds. The summed E-state index contributed by atoms with van der Waals surface area (Å²) in [5, 5.41) is 0. The minimum Gasteiger partial charge on any atom is -0.374 e. The van der Waals surface area contributed by atoms with Gasteiger partial charge in [-0.1, -0.05) is 157 Å². The van der Waals surface area contributed by atoms with Crippen LogP contribution in [0.4, 0.5) is 0 Å². The molecule has 5 aliphatic rings. The number of hydrogen-bond donors (Lipinski definition) is 0. The maximum atomic E-state index is 7.07. The van der Waals surface area contributed by atoms with Crippen molar-refractivity contribution in [2.45, 2.75) is 162 Å². The highest BCUT2D eigenvalue weighted by molar-refractivity contribution is 5.26. The van der Waals surface area contributed by atoms with Gasteiger partial charge in [-0.05, 0) is 114 Å². The summed E-state index contributed by atoms with van der Waals surface area (Å²) in [6.07, 6.45) is 16.6. The topological polar surface area (TPSA) is 46.2 Å². The molecule has 4 fully saturated rings. The minimum atomic E-state index is -0.391. The second-order valence-corrected chi connectivity index (χ2v) is 20.2. The van der Waals surface area contributed by atoms with Crippen LogP contribution < -0.4 is 0 Å². The van der Waals surface area contributed by atoms with E-state index in [4.69, 9.17) is 23.7 Å². The summed E-state index contributed by atoms with van der Waals surface area (Å²) in [6.45, 7) is 14.6. The molecular formula is C54H74O5. The Hall–Kier alpha value is -2.80. The molecule has 0 N–H and O–H groups in total. The molecule has 12 atom stereocenters. The van der Waals surface area contributed by atoms with E-state index in [-0.39, 0.29) is 29.8 Å². The zero-order chi connectivity index (χ0) is 40.8. The fourth-order valence-corrected chi connectivity index (χ4v) is 12.9. The highest BCUT2D eigenvalue weighted by atomic mass is 16.7. The maximum Gasteiger partial charge on any atom is 0.161 e. The van der Waals surface area contributed by atoms with Gasteiger partial charge in [0.15, 0.2) is 6.29 Å². The third-order valence-electron chi connectivity index (χ3n) is 16.1. The summed E-state index contributed by atoms with van der Waals surface area (Å²) in [5.74, 6) is 5.08. The second kappa shape index (κ2) is 19.5. The van der Waals surface area contributed by atoms with Crippen LogP contribution in [0.1, 0.15) is 128 Å². The van der Waals surface area contributed by atoms with Crippen LogP contribution in [0, 0.1) is 46.3 Å². The lowest BCUT2D eigenvalue weighted by atomic mass is 9.47. The zero-order valence-electron chi connectivity index (χ0n) is 36.9. The Morgan fingerprint density at radius 3 is 2.05 bits per heavy atom. The van der Waals surface area contributed by atoms with Crippen molar-refractivity contribution in [2.24, 2.45) is 46.3 Å². The van der Waals surface area contributed by atoms with Crippen molar-refractivity contribution in [2.75, 3.05) is 6.61 Å². The molecule has 0 bridgehead atoms. The smallest absolute Gasteiger partial charge is 0.161 e. The van der Waals surface area contributed by atoms with Crippen LogP contribution in [0.2, 0.25) is 0 Å². The zero-order valence-corrected chi connectivity index (χ0v) is 36.9. The van der Waals surface area contributed by atoms with E-state index >= 15 is 0 Å². The Labute approximate surface area is 357 Å². The molecule has 1 aliphatic heterocycles. The molecule has 1 heterocycles. The third-order valence-corrected chi connectivity index (χ3v) is 16.1. The predicted molar refractivity (Wildman–Crippen MR) is 237 cm³/mol. The summed E-state index contributed by atoms with van der Waals surface area (Å²) >= 11 is 0. The van der Waals surface area contributed by atoms with E-state index in [1.807, 2.05) is 12.1 Å². The van der Waals surface area contributed by atoms with Crippen LogP contribution in [0.3, 0.4) is 0 Å². The lowest BCUT2D eigenvalue weighted by Crippen LogP contribution is -2.54. The molecular weight excluding hydrogens is 729 g/mol. The average Bonchev–Trinajstić information content (AvgIpc) is 3.61. The lowest BCUT2D eigenvalue weighted by molar-refractivity contribution is -0.290. The number of ether oxygens (including phenoxy) is 5. The first-order chi connectivity index (χ1) is 28.7. The van der Waals surface area contributed by atoms with Crippen LogP contribution >= 0.6 is 0 Å². The van der Waals surface area contributed by atoms with Gasteiger partial charge in [0.25, 0.3) is 0 Å². The largest absolute Gasteiger partial charge is 0.374 e. The first-order valence-electron chi connectivity index (χ1n) is 23.6. The summed E-state index contributed by atoms with van der Waals surface area (Å²) < 4.78 is 33.9. The first-order valence-corrected chi connectivity index (χ1v) is 23.6. The summed E-state index contributed by atoms with van der Waals surface area (Å²) in [6, 6.07) is 31.2. The Morgan fingerprint density at radius 1 is 0.712 bits per heavy atom. The molecule has 3 aromatic rings. The lowest BCUT2D eigenvalue weighted by Gasteiger charge is -2.58. The van der Waals surface area contributed by atoms with Crippen molar-refractivity contribution in [3.05, 3.63) is 119 Å². The van der Waals surface area contributed by atoms with Crippen molar-refractivity contribution in [1.29, 1.82) is 0 Å². The Balaban J connectivity index is 0.949. The number of allylic oxidation sites excluding steroid dienone is 1. The van der Waals surface area contributed by atoms with Crippen molar-refractivity contribution in [3.8, 4) is 0 Å². The van der Waals surface area contributed by atoms with Crippen molar-refractivity contribution in [1.82, 2.24) is 0 Å². The van der Waals surface area contributed by atoms with E-state index in [0.717, 1.165) is 65.0 Å². The molecule has 59 heavy (non-hydrogen) atoms. The molecule has 4 aliphatic carbocycles. The summed E-state index contributed by atoms with van der Waals surface area (Å²) in [4.78, 5) is 0. The van der Waals surface area contributed by atoms with Crippen molar-refractivity contribution in [3.63, 3.8) is 0 Å². The third kappa shape index (κ3) is 9.97. The van der Waals surface area contributed by atoms with Gasteiger partial charge in [-0.2, -0.15) is 0 Å². The fourth-order valence-electron chi connectivity index (χ4n) is 12.9. The molecule has 0 spiro atoms. The first kappa shape index (κ1) is 42.9. The van der Waals surface area contributed by atoms with E-state index in [1.54, 1.807) is 5.57 Å². The standard InChI is InChI=1S/C54H74O5/c1-38(2)16-15-17-39(3)46-26-27-47-45-25-24-43-32-44(28-30-53(43,4)48(45)29-31-54(46,47)5)58-51-33-49(56-35-41-20-11-7-12-21-41)52(57-36-42-22-13-8-14-23-42)50(59-51)37-55-34-40-18-9-6-10-19-40/h6-14,18-24,38-39,44-52H,15-17,25-37H2,1-5H3/t39-,44+,45+,46-,47+,48+,49-,50-,51-,52+,53+,54-/m1/s1. The quantitative estimate of drug-likeness (QED) is 0.127. The predicted octanol–water partition coefficient (Wildman–Crippen LogP) is 12.9. The Bertz CT molecular complexity index is 1760. The molecule has 0 aromatic heterocycles. The highest BCUT2D eigenvalue weighted by Gasteiger charge is 2.59. The van der Waals surface area contributed by atoms with E-state index in [1.165, 1.54) is 57.8 Å². The summed E-state index contributed by atoms with van der Waals surface area (Å²) in [5.41, 5.74) is 5.88. The molecule has 0 radical (unpaired) electrons. The molecule has 8 rings (SSSR count). The number of rotatable bonds is 17. The van der Waals surface area contributed by atoms with Gasteiger partial charge in [0, 0.05) is 6.42 Å². The highest BCUT2D eigenvalue weighted by Crippen LogP contribution is 2.67. The second-order valence-electron chi connectivity index (χ2n) is 20.2. The van der Waals surface area contributed by atoms with E-state index in [9.17, 15) is 0 Å². The van der Waals surface area contributed by atoms with E-state index < -0.39 is 6.29 Å². The molecule has 5 heteroatoms. The van der Waals surface area contributed by atoms with Gasteiger partial charge in [-0.25, -0.2) is 0 Å². The van der Waals surface area contributed by atoms with Crippen LogP contribution in [0.25, 0.3) is 0 Å². The average molecular weight is 803 g/mol. The molecule has 5 nitrogen and oxygen atoms in total. The monoisotopic (exact) mass is 803 g/mol. The summed E-state index contributed by atoms with van der Waals surface area (Å²) in [7, 11) is 0. The fraction of sp³-hybridized carbons (Fsp3) is 0.630. The maximum absolute atomic E-state index is 7.07. The minimum absolute atomic E-state index is 0.134. The van der Waals surface area contributed by atoms with Crippen LogP contribution in [0.15, 0.2) is 103 Å². The molecule has 0 unspecified atom stereocenters. The van der Waals surface area contributed by atoms with Crippen LogP contribution in [-0.2, 0) is 43.5 Å². The number of hydrogen-bond acceptors (Lipinski definition) is 5. The van der Waals surface area contributed by atoms with Gasteiger partial charge in [0.2, 0.25) is 0 Å². The van der Waals surface area contributed by atoms with E-state index in [2.05, 4.69) is 120 Å². The van der Waals surface area contributed by atoms with Gasteiger partial charge < -0.3 is 23.7 Å².